The molecule has 90 valence electrons. The Morgan fingerprint density at radius 3 is 2.80 bits per heavy atom. The van der Waals surface area contributed by atoms with Gasteiger partial charge in [-0.25, -0.2) is 0 Å². The van der Waals surface area contributed by atoms with Crippen LogP contribution in [0.2, 0.25) is 0 Å². The summed E-state index contributed by atoms with van der Waals surface area (Å²) < 4.78 is 0. The van der Waals surface area contributed by atoms with Crippen molar-refractivity contribution >= 4 is 17.7 Å². The lowest BCUT2D eigenvalue weighted by Crippen LogP contribution is -2.33. The second-order valence-corrected chi connectivity index (χ2v) is 5.06. The van der Waals surface area contributed by atoms with Gasteiger partial charge in [-0.1, -0.05) is 6.92 Å². The molecule has 3 nitrogen and oxygen atoms in total. The Morgan fingerprint density at radius 1 is 1.47 bits per heavy atom. The summed E-state index contributed by atoms with van der Waals surface area (Å²) in [5, 5.41) is 6.05. The summed E-state index contributed by atoms with van der Waals surface area (Å²) >= 11 is 1.92. The Balaban J connectivity index is 3.40. The highest BCUT2D eigenvalue weighted by Gasteiger charge is 2.06. The lowest BCUT2D eigenvalue weighted by Gasteiger charge is -2.13. The van der Waals surface area contributed by atoms with E-state index in [1.54, 1.807) is 0 Å². The maximum absolute atomic E-state index is 11.4. The predicted molar refractivity (Wildman–Crippen MR) is 68.4 cm³/mol. The monoisotopic (exact) mass is 232 g/mol. The molecule has 0 fully saturated rings. The van der Waals surface area contributed by atoms with Crippen LogP contribution in [0.3, 0.4) is 0 Å². The molecule has 0 aromatic heterocycles. The number of thioether (sulfide) groups is 1. The third kappa shape index (κ3) is 10.1. The largest absolute Gasteiger partial charge is 0.354 e. The molecule has 1 atom stereocenters. The van der Waals surface area contributed by atoms with Crippen molar-refractivity contribution in [2.75, 3.05) is 25.1 Å². The molecular formula is C11H24N2OS. The summed E-state index contributed by atoms with van der Waals surface area (Å²) in [6.07, 6.45) is 2.61. The number of carbonyl (C=O) groups is 1. The molecule has 0 aromatic rings. The van der Waals surface area contributed by atoms with Gasteiger partial charge in [-0.15, -0.1) is 0 Å². The van der Waals surface area contributed by atoms with Crippen molar-refractivity contribution < 1.29 is 4.79 Å². The van der Waals surface area contributed by atoms with Crippen LogP contribution in [0, 0.1) is 0 Å². The molecule has 0 rings (SSSR count). The first kappa shape index (κ1) is 14.8. The summed E-state index contributed by atoms with van der Waals surface area (Å²) in [6, 6.07) is 0.311. The normalized spacial score (nSPS) is 12.5. The average molecular weight is 232 g/mol. The van der Waals surface area contributed by atoms with E-state index < -0.39 is 0 Å². The van der Waals surface area contributed by atoms with Gasteiger partial charge in [0, 0.05) is 12.5 Å². The number of amides is 1. The molecule has 0 aliphatic carbocycles. The van der Waals surface area contributed by atoms with Gasteiger partial charge in [0.25, 0.3) is 0 Å². The second kappa shape index (κ2) is 10.3. The van der Waals surface area contributed by atoms with Crippen LogP contribution in [0.4, 0.5) is 0 Å². The SMILES string of the molecule is CCSCCC(C)NC(=O)CCCNC. The maximum atomic E-state index is 11.4. The molecule has 0 aliphatic heterocycles. The minimum Gasteiger partial charge on any atom is -0.354 e. The van der Waals surface area contributed by atoms with E-state index in [0.717, 1.165) is 30.9 Å². The fourth-order valence-corrected chi connectivity index (χ4v) is 2.06. The van der Waals surface area contributed by atoms with Crippen LogP contribution >= 0.6 is 11.8 Å². The molecule has 0 heterocycles. The highest BCUT2D eigenvalue weighted by molar-refractivity contribution is 7.99. The summed E-state index contributed by atoms with van der Waals surface area (Å²) in [6.45, 7) is 5.14. The first-order chi connectivity index (χ1) is 7.20. The molecular weight excluding hydrogens is 208 g/mol. The summed E-state index contributed by atoms with van der Waals surface area (Å²) in [5.74, 6) is 2.47. The first-order valence-electron chi connectivity index (χ1n) is 5.72. The zero-order valence-corrected chi connectivity index (χ0v) is 11.0. The van der Waals surface area contributed by atoms with Gasteiger partial charge < -0.3 is 10.6 Å². The van der Waals surface area contributed by atoms with Crippen molar-refractivity contribution in [2.45, 2.75) is 39.2 Å². The third-order valence-corrected chi connectivity index (χ3v) is 3.07. The fraction of sp³-hybridized carbons (Fsp3) is 0.909. The summed E-state index contributed by atoms with van der Waals surface area (Å²) in [4.78, 5) is 11.4. The molecule has 2 N–H and O–H groups in total. The lowest BCUT2D eigenvalue weighted by molar-refractivity contribution is -0.121. The van der Waals surface area contributed by atoms with Crippen molar-refractivity contribution in [2.24, 2.45) is 0 Å². The van der Waals surface area contributed by atoms with Crippen LogP contribution in [0.25, 0.3) is 0 Å². The van der Waals surface area contributed by atoms with Gasteiger partial charge in [0.2, 0.25) is 5.91 Å². The number of carbonyl (C=O) groups excluding carboxylic acids is 1. The van der Waals surface area contributed by atoms with Crippen molar-refractivity contribution in [1.82, 2.24) is 10.6 Å². The molecule has 1 amide bonds. The number of nitrogens with one attached hydrogen (secondary N) is 2. The smallest absolute Gasteiger partial charge is 0.220 e. The molecule has 1 unspecified atom stereocenters. The number of hydrogen-bond acceptors (Lipinski definition) is 3. The molecule has 0 aliphatic rings. The Hall–Kier alpha value is -0.220. The van der Waals surface area contributed by atoms with Crippen molar-refractivity contribution in [3.05, 3.63) is 0 Å². The minimum absolute atomic E-state index is 0.180. The third-order valence-electron chi connectivity index (χ3n) is 2.14. The molecule has 0 saturated heterocycles. The summed E-state index contributed by atoms with van der Waals surface area (Å²) in [5.41, 5.74) is 0. The zero-order chi connectivity index (χ0) is 11.5. The highest BCUT2D eigenvalue weighted by Crippen LogP contribution is 2.03. The van der Waals surface area contributed by atoms with E-state index in [1.165, 1.54) is 0 Å². The van der Waals surface area contributed by atoms with Crippen LogP contribution in [0.5, 0.6) is 0 Å². The average Bonchev–Trinajstić information content (AvgIpc) is 2.18. The van der Waals surface area contributed by atoms with Crippen LogP contribution in [0.15, 0.2) is 0 Å². The van der Waals surface area contributed by atoms with Gasteiger partial charge in [-0.3, -0.25) is 4.79 Å². The van der Waals surface area contributed by atoms with E-state index in [2.05, 4.69) is 24.5 Å². The van der Waals surface area contributed by atoms with E-state index in [0.29, 0.717) is 12.5 Å². The zero-order valence-electron chi connectivity index (χ0n) is 10.1. The van der Waals surface area contributed by atoms with E-state index in [4.69, 9.17) is 0 Å². The molecule has 0 saturated carbocycles. The first-order valence-corrected chi connectivity index (χ1v) is 6.87. The standard InChI is InChI=1S/C11H24N2OS/c1-4-15-9-7-10(2)13-11(14)6-5-8-12-3/h10,12H,4-9H2,1-3H3,(H,13,14). The van der Waals surface area contributed by atoms with Crippen molar-refractivity contribution in [1.29, 1.82) is 0 Å². The second-order valence-electron chi connectivity index (χ2n) is 3.66. The predicted octanol–water partition coefficient (Wildman–Crippen LogP) is 1.63. The van der Waals surface area contributed by atoms with Crippen LogP contribution < -0.4 is 10.6 Å². The molecule has 0 aromatic carbocycles. The molecule has 4 heteroatoms. The van der Waals surface area contributed by atoms with Crippen LogP contribution in [-0.2, 0) is 4.79 Å². The van der Waals surface area contributed by atoms with E-state index >= 15 is 0 Å². The minimum atomic E-state index is 0.180. The number of hydrogen-bond donors (Lipinski definition) is 2. The van der Waals surface area contributed by atoms with E-state index in [9.17, 15) is 4.79 Å². The summed E-state index contributed by atoms with van der Waals surface area (Å²) in [7, 11) is 1.91. The highest BCUT2D eigenvalue weighted by atomic mass is 32.2. The Labute approximate surface area is 97.8 Å². The van der Waals surface area contributed by atoms with Crippen molar-refractivity contribution in [3.63, 3.8) is 0 Å². The van der Waals surface area contributed by atoms with Gasteiger partial charge in [0.1, 0.15) is 0 Å². The van der Waals surface area contributed by atoms with E-state index in [1.807, 2.05) is 18.8 Å². The number of rotatable bonds is 9. The van der Waals surface area contributed by atoms with Gasteiger partial charge in [0.15, 0.2) is 0 Å². The quantitative estimate of drug-likeness (QED) is 0.594. The topological polar surface area (TPSA) is 41.1 Å². The molecule has 0 spiro atoms. The Kier molecular flexibility index (Phi) is 10.2. The van der Waals surface area contributed by atoms with E-state index in [-0.39, 0.29) is 5.91 Å². The van der Waals surface area contributed by atoms with Crippen LogP contribution in [0.1, 0.15) is 33.1 Å². The fourth-order valence-electron chi connectivity index (χ4n) is 1.25. The van der Waals surface area contributed by atoms with Crippen molar-refractivity contribution in [3.8, 4) is 0 Å². The molecule has 0 radical (unpaired) electrons. The van der Waals surface area contributed by atoms with Gasteiger partial charge in [0.05, 0.1) is 0 Å². The van der Waals surface area contributed by atoms with Gasteiger partial charge in [-0.05, 0) is 44.9 Å². The lowest BCUT2D eigenvalue weighted by atomic mass is 10.2. The maximum Gasteiger partial charge on any atom is 0.220 e. The van der Waals surface area contributed by atoms with Gasteiger partial charge >= 0.3 is 0 Å². The Morgan fingerprint density at radius 2 is 2.20 bits per heavy atom. The Bertz CT molecular complexity index is 165. The molecule has 15 heavy (non-hydrogen) atoms. The van der Waals surface area contributed by atoms with Gasteiger partial charge in [-0.2, -0.15) is 11.8 Å². The molecule has 0 bridgehead atoms. The van der Waals surface area contributed by atoms with Crippen LogP contribution in [-0.4, -0.2) is 37.0 Å².